The third-order valence-corrected chi connectivity index (χ3v) is 5.53. The first-order chi connectivity index (χ1) is 10.5. The van der Waals surface area contributed by atoms with Crippen molar-refractivity contribution in [1.29, 1.82) is 0 Å². The number of carbonyl (C=O) groups is 1. The Hall–Kier alpha value is -2.55. The van der Waals surface area contributed by atoms with Gasteiger partial charge in [-0.2, -0.15) is 0 Å². The molecule has 4 rings (SSSR count). The highest BCUT2D eigenvalue weighted by atomic mass is 32.2. The number of fused-ring (bicyclic) bond motifs is 2. The van der Waals surface area contributed by atoms with E-state index < -0.39 is 15.9 Å². The van der Waals surface area contributed by atoms with Gasteiger partial charge in [0, 0.05) is 23.0 Å². The number of nitrogens with one attached hydrogen (secondary N) is 1. The molecule has 1 saturated carbocycles. The maximum Gasteiger partial charge on any atom is 0.250 e. The maximum absolute atomic E-state index is 12.1. The Morgan fingerprint density at radius 1 is 1.41 bits per heavy atom. The number of amides is 1. The van der Waals surface area contributed by atoms with Gasteiger partial charge in [0.05, 0.1) is 22.5 Å². The number of primary amides is 1. The second-order valence-corrected chi connectivity index (χ2v) is 7.28. The van der Waals surface area contributed by atoms with Gasteiger partial charge in [-0.15, -0.1) is 0 Å². The lowest BCUT2D eigenvalue weighted by Gasteiger charge is -2.09. The Morgan fingerprint density at radius 3 is 2.86 bits per heavy atom. The molecule has 0 saturated heterocycles. The van der Waals surface area contributed by atoms with Crippen LogP contribution in [-0.4, -0.2) is 29.4 Å². The first kappa shape index (κ1) is 13.1. The summed E-state index contributed by atoms with van der Waals surface area (Å²) < 4.78 is 30.6. The second-order valence-electron chi connectivity index (χ2n) is 5.35. The van der Waals surface area contributed by atoms with Gasteiger partial charge >= 0.3 is 0 Å². The van der Waals surface area contributed by atoms with Gasteiger partial charge in [-0.1, -0.05) is 5.16 Å². The Labute approximate surface area is 124 Å². The number of rotatable bonds is 4. The molecule has 1 aliphatic rings. The van der Waals surface area contributed by atoms with Crippen LogP contribution in [0.25, 0.3) is 21.9 Å². The van der Waals surface area contributed by atoms with Crippen LogP contribution in [0.15, 0.2) is 29.0 Å². The molecular weight excluding hydrogens is 308 g/mol. The van der Waals surface area contributed by atoms with Gasteiger partial charge < -0.3 is 10.3 Å². The molecule has 3 N–H and O–H groups in total. The standard InChI is InChI=1S/C13H12N4O4S/c14-13(18)10-6-17(16-22(19,20)8-1-2-8)11-4-12-7(3-9(10)11)5-15-21-12/h3-6,8,16H,1-2H2,(H2,14,18). The first-order valence-corrected chi connectivity index (χ1v) is 8.21. The predicted molar refractivity (Wildman–Crippen MR) is 79.3 cm³/mol. The van der Waals surface area contributed by atoms with E-state index in [1.807, 2.05) is 0 Å². The number of nitrogens with zero attached hydrogens (tertiary/aromatic N) is 2. The minimum Gasteiger partial charge on any atom is -0.366 e. The zero-order chi connectivity index (χ0) is 15.5. The Balaban J connectivity index is 1.94. The maximum atomic E-state index is 12.1. The predicted octanol–water partition coefficient (Wildman–Crippen LogP) is 0.917. The monoisotopic (exact) mass is 320 g/mol. The van der Waals surface area contributed by atoms with Gasteiger partial charge in [0.1, 0.15) is 0 Å². The van der Waals surface area contributed by atoms with E-state index in [2.05, 4.69) is 9.99 Å². The first-order valence-electron chi connectivity index (χ1n) is 6.66. The van der Waals surface area contributed by atoms with E-state index in [0.29, 0.717) is 34.7 Å². The van der Waals surface area contributed by atoms with E-state index in [1.165, 1.54) is 17.1 Å². The van der Waals surface area contributed by atoms with Crippen molar-refractivity contribution < 1.29 is 17.7 Å². The number of sulfonamides is 1. The van der Waals surface area contributed by atoms with E-state index in [1.54, 1.807) is 12.1 Å². The largest absolute Gasteiger partial charge is 0.366 e. The average molecular weight is 320 g/mol. The molecule has 0 spiro atoms. The molecule has 1 aromatic carbocycles. The van der Waals surface area contributed by atoms with Crippen LogP contribution in [0.1, 0.15) is 23.2 Å². The van der Waals surface area contributed by atoms with Gasteiger partial charge in [0.25, 0.3) is 5.91 Å². The number of hydrogen-bond donors (Lipinski definition) is 2. The van der Waals surface area contributed by atoms with E-state index in [4.69, 9.17) is 10.3 Å². The number of aromatic nitrogens is 2. The molecule has 1 amide bonds. The average Bonchev–Trinajstić information content (AvgIpc) is 3.14. The van der Waals surface area contributed by atoms with Crippen LogP contribution in [0.4, 0.5) is 0 Å². The zero-order valence-electron chi connectivity index (χ0n) is 11.3. The van der Waals surface area contributed by atoms with Crippen LogP contribution < -0.4 is 10.6 Å². The Bertz CT molecular complexity index is 1010. The molecule has 3 aromatic rings. The summed E-state index contributed by atoms with van der Waals surface area (Å²) in [5.74, 6) is -0.634. The van der Waals surface area contributed by atoms with E-state index >= 15 is 0 Å². The van der Waals surface area contributed by atoms with Gasteiger partial charge in [0.2, 0.25) is 10.0 Å². The molecule has 0 atom stereocenters. The topological polar surface area (TPSA) is 120 Å². The van der Waals surface area contributed by atoms with Gasteiger partial charge in [-0.3, -0.25) is 9.47 Å². The summed E-state index contributed by atoms with van der Waals surface area (Å²) in [4.78, 5) is 14.1. The van der Waals surface area contributed by atoms with Crippen LogP contribution in [0.5, 0.6) is 0 Å². The fraction of sp³-hybridized carbons (Fsp3) is 0.231. The molecule has 1 fully saturated rings. The highest BCUT2D eigenvalue weighted by Crippen LogP contribution is 2.30. The minimum absolute atomic E-state index is 0.233. The van der Waals surface area contributed by atoms with Crippen molar-refractivity contribution in [3.05, 3.63) is 30.1 Å². The normalized spacial score (nSPS) is 15.5. The molecule has 8 nitrogen and oxygen atoms in total. The van der Waals surface area contributed by atoms with Crippen LogP contribution in [-0.2, 0) is 10.0 Å². The highest BCUT2D eigenvalue weighted by Gasteiger charge is 2.36. The fourth-order valence-corrected chi connectivity index (χ4v) is 3.78. The molecule has 114 valence electrons. The highest BCUT2D eigenvalue weighted by molar-refractivity contribution is 7.93. The van der Waals surface area contributed by atoms with E-state index in [-0.39, 0.29) is 10.8 Å². The molecule has 22 heavy (non-hydrogen) atoms. The van der Waals surface area contributed by atoms with Crippen LogP contribution in [0, 0.1) is 0 Å². The number of carbonyl (C=O) groups excluding carboxylic acids is 1. The zero-order valence-corrected chi connectivity index (χ0v) is 12.1. The molecule has 0 unspecified atom stereocenters. The van der Waals surface area contributed by atoms with E-state index in [0.717, 1.165) is 0 Å². The van der Waals surface area contributed by atoms with Crippen molar-refractivity contribution in [2.45, 2.75) is 18.1 Å². The summed E-state index contributed by atoms with van der Waals surface area (Å²) in [6.45, 7) is 0. The lowest BCUT2D eigenvalue weighted by atomic mass is 10.1. The van der Waals surface area contributed by atoms with Gasteiger partial charge in [0.15, 0.2) is 5.58 Å². The lowest BCUT2D eigenvalue weighted by Crippen LogP contribution is -2.25. The molecule has 2 aromatic heterocycles. The van der Waals surface area contributed by atoms with Gasteiger partial charge in [-0.05, 0) is 18.9 Å². The molecule has 1 aliphatic carbocycles. The molecule has 0 aliphatic heterocycles. The Kier molecular flexibility index (Phi) is 2.52. The third-order valence-electron chi connectivity index (χ3n) is 3.73. The summed E-state index contributed by atoms with van der Waals surface area (Å²) in [5, 5.41) is 4.55. The van der Waals surface area contributed by atoms with Crippen molar-refractivity contribution in [1.82, 2.24) is 9.83 Å². The fourth-order valence-electron chi connectivity index (χ4n) is 2.45. The van der Waals surface area contributed by atoms with Crippen LogP contribution in [0.2, 0.25) is 0 Å². The molecular formula is C13H12N4O4S. The molecule has 2 heterocycles. The summed E-state index contributed by atoms with van der Waals surface area (Å²) >= 11 is 0. The van der Waals surface area contributed by atoms with Crippen molar-refractivity contribution in [3.8, 4) is 0 Å². The van der Waals surface area contributed by atoms with Gasteiger partial charge in [-0.25, -0.2) is 13.2 Å². The number of nitrogens with two attached hydrogens (primary N) is 1. The van der Waals surface area contributed by atoms with Crippen molar-refractivity contribution in [2.24, 2.45) is 5.73 Å². The van der Waals surface area contributed by atoms with Crippen LogP contribution >= 0.6 is 0 Å². The number of hydrogen-bond acceptors (Lipinski definition) is 5. The Morgan fingerprint density at radius 2 is 2.18 bits per heavy atom. The summed E-state index contributed by atoms with van der Waals surface area (Å²) in [5.41, 5.74) is 6.60. The third kappa shape index (κ3) is 1.93. The van der Waals surface area contributed by atoms with Crippen molar-refractivity contribution >= 4 is 37.8 Å². The SMILES string of the molecule is NC(=O)c1cn(NS(=O)(=O)C2CC2)c2cc3oncc3cc12. The number of benzene rings is 1. The summed E-state index contributed by atoms with van der Waals surface area (Å²) in [7, 11) is -3.47. The lowest BCUT2D eigenvalue weighted by molar-refractivity contribution is 0.100. The second kappa shape index (κ2) is 4.23. The van der Waals surface area contributed by atoms with Crippen molar-refractivity contribution in [2.75, 3.05) is 4.83 Å². The minimum atomic E-state index is -3.47. The summed E-state index contributed by atoms with van der Waals surface area (Å²) in [6.07, 6.45) is 4.19. The smallest absolute Gasteiger partial charge is 0.250 e. The van der Waals surface area contributed by atoms with Crippen molar-refractivity contribution in [3.63, 3.8) is 0 Å². The van der Waals surface area contributed by atoms with E-state index in [9.17, 15) is 13.2 Å². The molecule has 9 heteroatoms. The quantitative estimate of drug-likeness (QED) is 0.740. The molecule has 0 bridgehead atoms. The van der Waals surface area contributed by atoms with Crippen LogP contribution in [0.3, 0.4) is 0 Å². The molecule has 0 radical (unpaired) electrons. The summed E-state index contributed by atoms with van der Waals surface area (Å²) in [6, 6.07) is 3.32.